The van der Waals surface area contributed by atoms with Gasteiger partial charge in [0.2, 0.25) is 0 Å². The highest BCUT2D eigenvalue weighted by atomic mass is 16.6. The molecule has 0 bridgehead atoms. The van der Waals surface area contributed by atoms with E-state index in [9.17, 15) is 30.2 Å². The summed E-state index contributed by atoms with van der Waals surface area (Å²) in [7, 11) is 0. The van der Waals surface area contributed by atoms with Gasteiger partial charge in [-0.2, -0.15) is 15.8 Å². The van der Waals surface area contributed by atoms with Gasteiger partial charge in [0.15, 0.2) is 0 Å². The smallest absolute Gasteiger partial charge is 0.342 e. The Morgan fingerprint density at radius 1 is 0.500 bits per heavy atom. The first-order valence-electron chi connectivity index (χ1n) is 18.9. The van der Waals surface area contributed by atoms with Gasteiger partial charge in [-0.15, -0.1) is 0 Å². The van der Waals surface area contributed by atoms with Crippen LogP contribution in [-0.2, 0) is 31.8 Å². The summed E-state index contributed by atoms with van der Waals surface area (Å²) < 4.78 is 18.9. The summed E-state index contributed by atoms with van der Waals surface area (Å²) in [5, 5.41) is 39.1. The second-order valence-electron chi connectivity index (χ2n) is 14.0. The van der Waals surface area contributed by atoms with E-state index in [0.29, 0.717) is 16.7 Å². The highest BCUT2D eigenvalue weighted by Crippen LogP contribution is 2.38. The zero-order valence-corrected chi connectivity index (χ0v) is 32.7. The Morgan fingerprint density at radius 2 is 0.833 bits per heavy atom. The topological polar surface area (TPSA) is 196 Å². The molecule has 4 aromatic carbocycles. The van der Waals surface area contributed by atoms with Crippen molar-refractivity contribution in [2.75, 3.05) is 0 Å². The van der Waals surface area contributed by atoms with E-state index in [-0.39, 0.29) is 16.7 Å². The van der Waals surface area contributed by atoms with Crippen molar-refractivity contribution in [3.8, 4) is 18.2 Å². The van der Waals surface area contributed by atoms with Gasteiger partial charge in [-0.1, -0.05) is 91.0 Å². The number of hydrogen-bond donors (Lipinski definition) is 3. The minimum atomic E-state index is -1.77. The van der Waals surface area contributed by atoms with E-state index in [2.05, 4.69) is 34.2 Å². The van der Waals surface area contributed by atoms with E-state index in [1.54, 1.807) is 148 Å². The first-order valence-corrected chi connectivity index (χ1v) is 18.9. The fourth-order valence-corrected chi connectivity index (χ4v) is 7.32. The van der Waals surface area contributed by atoms with Crippen LogP contribution in [0.4, 0.5) is 0 Å². The van der Waals surface area contributed by atoms with Gasteiger partial charge in [-0.05, 0) is 39.0 Å². The third-order valence-electron chi connectivity index (χ3n) is 10.4. The highest BCUT2D eigenvalue weighted by Gasteiger charge is 2.50. The average molecular weight is 802 g/mol. The number of ether oxygens (including phenoxy) is 3. The number of hydrogen-bond acceptors (Lipinski definition) is 15. The first-order chi connectivity index (χ1) is 29.0. The van der Waals surface area contributed by atoms with Crippen molar-refractivity contribution in [3.63, 3.8) is 0 Å². The van der Waals surface area contributed by atoms with Crippen molar-refractivity contribution < 1.29 is 28.6 Å². The van der Waals surface area contributed by atoms with Crippen LogP contribution in [0, 0.1) is 34.0 Å². The fraction of sp³-hybridized carbons (Fsp3) is 0.200. The average Bonchev–Trinajstić information content (AvgIpc) is 4.05. The number of nitrogens with one attached hydrogen (secondary N) is 3. The van der Waals surface area contributed by atoms with Crippen molar-refractivity contribution in [1.29, 1.82) is 15.8 Å². The molecule has 0 saturated carbocycles. The van der Waals surface area contributed by atoms with E-state index in [1.165, 1.54) is 34.2 Å². The third kappa shape index (κ3) is 6.93. The maximum absolute atomic E-state index is 14.8. The number of carbonyl (C=O) groups is 3. The number of benzene rings is 4. The molecule has 0 amide bonds. The number of rotatable bonds is 12. The molecule has 0 fully saturated rings. The van der Waals surface area contributed by atoms with E-state index in [0.717, 1.165) is 0 Å². The molecule has 6 atom stereocenters. The molecule has 60 heavy (non-hydrogen) atoms. The second-order valence-corrected chi connectivity index (χ2v) is 14.0. The molecule has 0 aromatic heterocycles. The molecule has 15 nitrogen and oxygen atoms in total. The monoisotopic (exact) mass is 801 g/mol. The van der Waals surface area contributed by atoms with Crippen LogP contribution in [0.3, 0.4) is 0 Å². The van der Waals surface area contributed by atoms with Crippen LogP contribution in [0.15, 0.2) is 146 Å². The molecular formula is C45H39N9O6. The summed E-state index contributed by atoms with van der Waals surface area (Å²) in [5.41, 5.74) is 0.593. The van der Waals surface area contributed by atoms with Gasteiger partial charge in [-0.3, -0.25) is 0 Å². The molecule has 3 aliphatic heterocycles. The number of nitrogens with zero attached hydrogens (tertiary/aromatic N) is 6. The maximum Gasteiger partial charge on any atom is 0.342 e. The standard InChI is InChI=1S/C45H39N9O6/c1-31(28-46)52-24-21-49-43(52,35-13-7-4-8-14-35)58-40(55)34-19-20-38(41(56)59-44(36-15-9-5-10-16-36)50-22-25-53(44)32(2)29-47)39(27-34)42(57)60-45(37-17-11-6-12-18-37)51-23-26-54(45)33(3)30-48/h4-27,31-33,49-51H,1-3H3. The maximum atomic E-state index is 14.8. The zero-order valence-electron chi connectivity index (χ0n) is 32.7. The third-order valence-corrected chi connectivity index (χ3v) is 10.4. The van der Waals surface area contributed by atoms with Crippen LogP contribution in [0.5, 0.6) is 0 Å². The molecule has 300 valence electrons. The van der Waals surface area contributed by atoms with Crippen molar-refractivity contribution >= 4 is 17.9 Å². The molecule has 7 rings (SSSR count). The van der Waals surface area contributed by atoms with E-state index < -0.39 is 53.6 Å². The normalized spacial score (nSPS) is 22.5. The number of carbonyl (C=O) groups excluding carboxylic acids is 3. The lowest BCUT2D eigenvalue weighted by molar-refractivity contribution is -0.119. The number of esters is 3. The highest BCUT2D eigenvalue weighted by molar-refractivity contribution is 6.05. The fourth-order valence-electron chi connectivity index (χ4n) is 7.32. The largest absolute Gasteiger partial charge is 0.412 e. The van der Waals surface area contributed by atoms with Gasteiger partial charge in [-0.25, -0.2) is 14.4 Å². The van der Waals surface area contributed by atoms with Gasteiger partial charge in [0.25, 0.3) is 17.5 Å². The summed E-state index contributed by atoms with van der Waals surface area (Å²) in [6.07, 6.45) is 9.39. The van der Waals surface area contributed by atoms with Crippen LogP contribution in [0.1, 0.15) is 68.5 Å². The minimum Gasteiger partial charge on any atom is -0.412 e. The predicted molar refractivity (Wildman–Crippen MR) is 215 cm³/mol. The van der Waals surface area contributed by atoms with Gasteiger partial charge in [0.1, 0.15) is 18.1 Å². The molecule has 6 unspecified atom stereocenters. The Balaban J connectivity index is 1.34. The van der Waals surface area contributed by atoms with Crippen LogP contribution in [0.2, 0.25) is 0 Å². The SMILES string of the molecule is CC(C#N)N1C=CNC1(OC(=O)c1ccc(C(=O)OC2(c3ccccc3)NC=CN2C(C)C#N)c(C(=O)OC2(c3ccccc3)NC=CN2C(C)C#N)c1)c1ccccc1. The summed E-state index contributed by atoms with van der Waals surface area (Å²) >= 11 is 0. The molecule has 0 saturated heterocycles. The Labute approximate surface area is 346 Å². The Morgan fingerprint density at radius 3 is 1.18 bits per heavy atom. The zero-order chi connectivity index (χ0) is 42.5. The molecule has 3 heterocycles. The summed E-state index contributed by atoms with van der Waals surface area (Å²) in [6, 6.07) is 34.1. The lowest BCUT2D eigenvalue weighted by Gasteiger charge is -2.40. The lowest BCUT2D eigenvalue weighted by Crippen LogP contribution is -2.55. The summed E-state index contributed by atoms with van der Waals surface area (Å²) in [4.78, 5) is 48.5. The number of nitriles is 3. The Bertz CT molecular complexity index is 2500. The van der Waals surface area contributed by atoms with Crippen molar-refractivity contribution in [1.82, 2.24) is 30.7 Å². The Hall–Kier alpha value is -8.22. The van der Waals surface area contributed by atoms with Crippen molar-refractivity contribution in [2.45, 2.75) is 56.4 Å². The molecule has 0 spiro atoms. The van der Waals surface area contributed by atoms with Gasteiger partial charge < -0.3 is 44.9 Å². The van der Waals surface area contributed by atoms with E-state index in [1.807, 2.05) is 0 Å². The summed E-state index contributed by atoms with van der Waals surface area (Å²) in [6.45, 7) is 4.92. The van der Waals surface area contributed by atoms with Gasteiger partial charge in [0.05, 0.1) is 34.9 Å². The molecule has 15 heteroatoms. The molecule has 3 N–H and O–H groups in total. The van der Waals surface area contributed by atoms with Gasteiger partial charge in [0, 0.05) is 53.9 Å². The van der Waals surface area contributed by atoms with Crippen molar-refractivity contribution in [3.05, 3.63) is 180 Å². The molecule has 3 aliphatic rings. The van der Waals surface area contributed by atoms with E-state index in [4.69, 9.17) is 14.2 Å². The first kappa shape index (κ1) is 40.0. The minimum absolute atomic E-state index is 0.154. The summed E-state index contributed by atoms with van der Waals surface area (Å²) in [5.74, 6) is -8.16. The molecule has 0 radical (unpaired) electrons. The van der Waals surface area contributed by atoms with Crippen molar-refractivity contribution in [2.24, 2.45) is 0 Å². The molecular weight excluding hydrogens is 763 g/mol. The van der Waals surface area contributed by atoms with Crippen LogP contribution >= 0.6 is 0 Å². The lowest BCUT2D eigenvalue weighted by atomic mass is 10.0. The Kier molecular flexibility index (Phi) is 10.9. The van der Waals surface area contributed by atoms with Crippen LogP contribution < -0.4 is 16.0 Å². The van der Waals surface area contributed by atoms with Gasteiger partial charge >= 0.3 is 17.9 Å². The molecule has 0 aliphatic carbocycles. The quantitative estimate of drug-likeness (QED) is 0.121. The van der Waals surface area contributed by atoms with Crippen LogP contribution in [0.25, 0.3) is 0 Å². The van der Waals surface area contributed by atoms with E-state index >= 15 is 0 Å². The molecule has 4 aromatic rings. The second kappa shape index (κ2) is 16.3. The predicted octanol–water partition coefficient (Wildman–Crippen LogP) is 5.45. The van der Waals surface area contributed by atoms with Crippen LogP contribution in [-0.4, -0.2) is 50.7 Å².